The number of nitrogens with zero attached hydrogens (tertiary/aromatic N) is 3. The predicted molar refractivity (Wildman–Crippen MR) is 127 cm³/mol. The highest BCUT2D eigenvalue weighted by molar-refractivity contribution is 7.18. The smallest absolute Gasteiger partial charge is 0.264 e. The van der Waals surface area contributed by atoms with Gasteiger partial charge in [0.05, 0.1) is 19.8 Å². The summed E-state index contributed by atoms with van der Waals surface area (Å²) >= 11 is 3.15. The van der Waals surface area contributed by atoms with Crippen molar-refractivity contribution in [2.75, 3.05) is 31.1 Å². The minimum Gasteiger partial charge on any atom is -0.336 e. The van der Waals surface area contributed by atoms with E-state index in [9.17, 15) is 9.59 Å². The molecule has 3 aromatic rings. The summed E-state index contributed by atoms with van der Waals surface area (Å²) in [5, 5.41) is 5.39. The summed E-state index contributed by atoms with van der Waals surface area (Å²) in [6.07, 6.45) is 4.75. The van der Waals surface area contributed by atoms with Gasteiger partial charge in [-0.05, 0) is 43.5 Å². The lowest BCUT2D eigenvalue weighted by Crippen LogP contribution is -2.48. The maximum absolute atomic E-state index is 13.0. The highest BCUT2D eigenvalue weighted by atomic mass is 32.1. The Morgan fingerprint density at radius 1 is 1.09 bits per heavy atom. The van der Waals surface area contributed by atoms with Crippen LogP contribution in [0.2, 0.25) is 0 Å². The fourth-order valence-electron chi connectivity index (χ4n) is 4.94. The van der Waals surface area contributed by atoms with E-state index in [1.54, 1.807) is 11.3 Å². The Hall–Kier alpha value is -2.55. The number of thiazole rings is 1. The van der Waals surface area contributed by atoms with Crippen molar-refractivity contribution in [3.63, 3.8) is 0 Å². The highest BCUT2D eigenvalue weighted by Crippen LogP contribution is 2.39. The minimum atomic E-state index is -0.370. The van der Waals surface area contributed by atoms with Crippen LogP contribution < -0.4 is 10.2 Å². The first kappa shape index (κ1) is 20.1. The third-order valence-corrected chi connectivity index (χ3v) is 9.13. The average molecular weight is 465 g/mol. The van der Waals surface area contributed by atoms with E-state index in [2.05, 4.69) is 22.4 Å². The zero-order valence-corrected chi connectivity index (χ0v) is 19.3. The number of hydrogen-bond donors (Lipinski definition) is 1. The molecule has 1 spiro atoms. The van der Waals surface area contributed by atoms with Gasteiger partial charge < -0.3 is 15.1 Å². The number of carbonyl (C=O) groups is 2. The molecule has 8 heteroatoms. The van der Waals surface area contributed by atoms with Crippen molar-refractivity contribution < 1.29 is 9.59 Å². The molecule has 32 heavy (non-hydrogen) atoms. The molecule has 0 aliphatic carbocycles. The van der Waals surface area contributed by atoms with Gasteiger partial charge in [-0.25, -0.2) is 4.98 Å². The second-order valence-electron chi connectivity index (χ2n) is 8.79. The first-order chi connectivity index (χ1) is 15.6. The van der Waals surface area contributed by atoms with E-state index >= 15 is 0 Å². The number of thiophene rings is 1. The topological polar surface area (TPSA) is 65.5 Å². The summed E-state index contributed by atoms with van der Waals surface area (Å²) in [6.45, 7) is 3.03. The fourth-order valence-corrected chi connectivity index (χ4v) is 6.94. The third-order valence-electron chi connectivity index (χ3n) is 6.83. The average Bonchev–Trinajstić information content (AvgIpc) is 3.57. The van der Waals surface area contributed by atoms with E-state index in [0.29, 0.717) is 23.9 Å². The molecule has 0 radical (unpaired) electrons. The summed E-state index contributed by atoms with van der Waals surface area (Å²) in [7, 11) is 0. The van der Waals surface area contributed by atoms with Crippen molar-refractivity contribution in [1.29, 1.82) is 0 Å². The van der Waals surface area contributed by atoms with E-state index in [4.69, 9.17) is 0 Å². The number of carbonyl (C=O) groups excluding carboxylic acids is 2. The molecule has 0 bridgehead atoms. The lowest BCUT2D eigenvalue weighted by molar-refractivity contribution is -0.122. The maximum Gasteiger partial charge on any atom is 0.264 e. The van der Waals surface area contributed by atoms with Crippen LogP contribution in [0, 0.1) is 0 Å². The third kappa shape index (κ3) is 3.29. The normalized spacial score (nSPS) is 23.3. The number of likely N-dealkylation sites (tertiary alicyclic amines) is 1. The second-order valence-corrected chi connectivity index (χ2v) is 10.9. The van der Waals surface area contributed by atoms with Crippen LogP contribution >= 0.6 is 22.7 Å². The van der Waals surface area contributed by atoms with Crippen LogP contribution in [0.5, 0.6) is 0 Å². The molecule has 1 aromatic carbocycles. The van der Waals surface area contributed by atoms with Crippen molar-refractivity contribution in [1.82, 2.24) is 15.2 Å². The lowest BCUT2D eigenvalue weighted by Gasteiger charge is -2.37. The largest absolute Gasteiger partial charge is 0.336 e. The van der Waals surface area contributed by atoms with Crippen LogP contribution in [-0.4, -0.2) is 53.4 Å². The molecule has 3 aliphatic heterocycles. The molecule has 3 saturated heterocycles. The molecule has 6 rings (SSSR count). The number of amides is 2. The van der Waals surface area contributed by atoms with Crippen molar-refractivity contribution in [2.24, 2.45) is 0 Å². The van der Waals surface area contributed by atoms with Gasteiger partial charge in [0, 0.05) is 31.7 Å². The van der Waals surface area contributed by atoms with Gasteiger partial charge in [-0.2, -0.15) is 0 Å². The molecule has 2 amide bonds. The van der Waals surface area contributed by atoms with Crippen LogP contribution in [0.25, 0.3) is 10.4 Å². The maximum atomic E-state index is 13.0. The fraction of sp³-hybridized carbons (Fsp3) is 0.375. The SMILES string of the molecule is O=C(c1ccc(N2CCC3(CCCN3)C2=O)s1)N1CC(c2ncc(-c3ccccc3)s2)C1. The number of benzene rings is 1. The molecule has 1 atom stereocenters. The van der Waals surface area contributed by atoms with Crippen LogP contribution in [0.15, 0.2) is 48.7 Å². The van der Waals surface area contributed by atoms with Crippen molar-refractivity contribution >= 4 is 39.5 Å². The molecule has 2 aromatic heterocycles. The lowest BCUT2D eigenvalue weighted by atomic mass is 9.96. The second kappa shape index (κ2) is 7.79. The standard InChI is InChI=1S/C24H24N4O2S2/c29-22(18-7-8-20(31-18)28-12-10-24(23(28)30)9-4-11-26-24)27-14-17(15-27)21-25-13-19(32-21)16-5-2-1-3-6-16/h1-3,5-8,13,17,26H,4,9-12,14-15H2. The van der Waals surface area contributed by atoms with Crippen molar-refractivity contribution in [3.05, 3.63) is 58.5 Å². The van der Waals surface area contributed by atoms with E-state index in [1.165, 1.54) is 16.9 Å². The van der Waals surface area contributed by atoms with Gasteiger partial charge in [0.25, 0.3) is 5.91 Å². The zero-order valence-electron chi connectivity index (χ0n) is 17.6. The Morgan fingerprint density at radius 2 is 1.94 bits per heavy atom. The van der Waals surface area contributed by atoms with E-state index in [0.717, 1.165) is 47.2 Å². The molecule has 0 saturated carbocycles. The molecule has 6 nitrogen and oxygen atoms in total. The van der Waals surface area contributed by atoms with E-state index in [-0.39, 0.29) is 17.4 Å². The number of rotatable bonds is 4. The molecule has 3 aliphatic rings. The van der Waals surface area contributed by atoms with Gasteiger partial charge in [0.1, 0.15) is 5.54 Å². The van der Waals surface area contributed by atoms with Gasteiger partial charge >= 0.3 is 0 Å². The van der Waals surface area contributed by atoms with Crippen LogP contribution in [-0.2, 0) is 4.79 Å². The summed E-state index contributed by atoms with van der Waals surface area (Å²) in [6, 6.07) is 14.1. The monoisotopic (exact) mass is 464 g/mol. The van der Waals surface area contributed by atoms with Crippen LogP contribution in [0.3, 0.4) is 0 Å². The quantitative estimate of drug-likeness (QED) is 0.635. The first-order valence-electron chi connectivity index (χ1n) is 11.1. The highest BCUT2D eigenvalue weighted by Gasteiger charge is 2.49. The summed E-state index contributed by atoms with van der Waals surface area (Å²) in [5.74, 6) is 0.518. The first-order valence-corrected chi connectivity index (χ1v) is 12.7. The molecule has 5 heterocycles. The number of hydrogen-bond acceptors (Lipinski definition) is 6. The number of nitrogens with one attached hydrogen (secondary N) is 1. The van der Waals surface area contributed by atoms with E-state index in [1.807, 2.05) is 46.3 Å². The summed E-state index contributed by atoms with van der Waals surface area (Å²) < 4.78 is 0. The molecule has 3 fully saturated rings. The zero-order chi connectivity index (χ0) is 21.7. The molecular formula is C24H24N4O2S2. The van der Waals surface area contributed by atoms with Crippen molar-refractivity contribution in [3.8, 4) is 10.4 Å². The van der Waals surface area contributed by atoms with E-state index < -0.39 is 0 Å². The predicted octanol–water partition coefficient (Wildman–Crippen LogP) is 3.97. The van der Waals surface area contributed by atoms with Gasteiger partial charge in [0.15, 0.2) is 0 Å². The Balaban J connectivity index is 1.09. The molecule has 164 valence electrons. The van der Waals surface area contributed by atoms with Crippen molar-refractivity contribution in [2.45, 2.75) is 30.7 Å². The van der Waals surface area contributed by atoms with Gasteiger partial charge in [-0.3, -0.25) is 9.59 Å². The minimum absolute atomic E-state index is 0.0534. The van der Waals surface area contributed by atoms with Crippen LogP contribution in [0.1, 0.15) is 39.9 Å². The Morgan fingerprint density at radius 3 is 2.72 bits per heavy atom. The number of aromatic nitrogens is 1. The molecular weight excluding hydrogens is 440 g/mol. The summed E-state index contributed by atoms with van der Waals surface area (Å²) in [5.41, 5.74) is 0.811. The number of anilines is 1. The molecule has 1 N–H and O–H groups in total. The Kier molecular flexibility index (Phi) is 4.89. The van der Waals surface area contributed by atoms with Gasteiger partial charge in [-0.1, -0.05) is 30.3 Å². The summed E-state index contributed by atoms with van der Waals surface area (Å²) in [4.78, 5) is 36.2. The van der Waals surface area contributed by atoms with Gasteiger partial charge in [-0.15, -0.1) is 22.7 Å². The Labute approximate surface area is 194 Å². The molecule has 1 unspecified atom stereocenters. The van der Waals surface area contributed by atoms with Gasteiger partial charge in [0.2, 0.25) is 5.91 Å². The van der Waals surface area contributed by atoms with Crippen LogP contribution in [0.4, 0.5) is 5.00 Å². The Bertz CT molecular complexity index is 1160.